The van der Waals surface area contributed by atoms with Gasteiger partial charge in [-0.15, -0.1) is 0 Å². The number of carbonyl (C=O) groups excluding carboxylic acids is 2. The number of rotatable bonds is 3. The number of benzene rings is 1. The lowest BCUT2D eigenvalue weighted by atomic mass is 10.1. The molecule has 0 aliphatic carbocycles. The Morgan fingerprint density at radius 3 is 2.65 bits per heavy atom. The lowest BCUT2D eigenvalue weighted by Crippen LogP contribution is -2.47. The van der Waals surface area contributed by atoms with E-state index in [0.717, 1.165) is 5.69 Å². The summed E-state index contributed by atoms with van der Waals surface area (Å²) in [5.74, 6) is -4.40. The average molecular weight is 471 g/mol. The average Bonchev–Trinajstić information content (AvgIpc) is 3.40. The number of nitrogens with zero attached hydrogens (tertiary/aromatic N) is 5. The molecule has 34 heavy (non-hydrogen) atoms. The van der Waals surface area contributed by atoms with Crippen LogP contribution in [-0.4, -0.2) is 44.3 Å². The Hall–Kier alpha value is -4.09. The Morgan fingerprint density at radius 2 is 1.94 bits per heavy atom. The van der Waals surface area contributed by atoms with Gasteiger partial charge in [-0.25, -0.2) is 22.8 Å². The second kappa shape index (κ2) is 8.36. The van der Waals surface area contributed by atoms with Crippen LogP contribution in [-0.2, 0) is 13.1 Å². The maximum absolute atomic E-state index is 13.5. The molecule has 12 heteroatoms. The quantitative estimate of drug-likeness (QED) is 0.573. The number of anilines is 2. The minimum atomic E-state index is -1.61. The van der Waals surface area contributed by atoms with Crippen molar-refractivity contribution in [3.8, 4) is 0 Å². The van der Waals surface area contributed by atoms with E-state index in [1.807, 2.05) is 12.1 Å². The Balaban J connectivity index is 1.36. The fourth-order valence-electron chi connectivity index (χ4n) is 4.20. The standard InChI is InChI=1S/C22H20F3N7O2/c1-12-9-32-19(11-30(12)21(33)28-13-6-14(23)20(25)15(24)7-13)18(8-27-32)31-10-17(29-22(31)34)16-4-2-3-5-26-16/h2-8,12,17H,9-11H2,1H3,(H,28,33)(H,29,34)/t12-,17?/m0/s1. The highest BCUT2D eigenvalue weighted by Crippen LogP contribution is 2.31. The first-order valence-electron chi connectivity index (χ1n) is 10.6. The Bertz CT molecular complexity index is 1240. The van der Waals surface area contributed by atoms with Gasteiger partial charge in [-0.2, -0.15) is 5.10 Å². The largest absolute Gasteiger partial charge is 0.327 e. The van der Waals surface area contributed by atoms with Gasteiger partial charge in [-0.1, -0.05) is 6.07 Å². The van der Waals surface area contributed by atoms with Crippen molar-refractivity contribution < 1.29 is 22.8 Å². The van der Waals surface area contributed by atoms with E-state index in [-0.39, 0.29) is 30.3 Å². The number of urea groups is 2. The zero-order valence-electron chi connectivity index (χ0n) is 18.0. The number of halogens is 3. The zero-order chi connectivity index (χ0) is 24.0. The number of pyridine rings is 1. The maximum atomic E-state index is 13.5. The second-order valence-electron chi connectivity index (χ2n) is 8.19. The maximum Gasteiger partial charge on any atom is 0.322 e. The van der Waals surface area contributed by atoms with Crippen molar-refractivity contribution in [2.24, 2.45) is 0 Å². The van der Waals surface area contributed by atoms with Gasteiger partial charge in [0.15, 0.2) is 17.5 Å². The summed E-state index contributed by atoms with van der Waals surface area (Å²) in [6, 6.07) is 5.37. The molecule has 2 aliphatic heterocycles. The van der Waals surface area contributed by atoms with Crippen LogP contribution in [0.1, 0.15) is 24.4 Å². The van der Waals surface area contributed by atoms with E-state index < -0.39 is 23.5 Å². The Labute approximate surface area is 192 Å². The lowest BCUT2D eigenvalue weighted by molar-refractivity contribution is 0.161. The first kappa shape index (κ1) is 21.7. The van der Waals surface area contributed by atoms with Crippen LogP contribution < -0.4 is 15.5 Å². The number of hydrogen-bond donors (Lipinski definition) is 2. The molecule has 5 rings (SSSR count). The molecule has 1 unspecified atom stereocenters. The molecule has 1 fully saturated rings. The molecule has 3 aromatic rings. The number of nitrogens with one attached hydrogen (secondary N) is 2. The van der Waals surface area contributed by atoms with Crippen LogP contribution >= 0.6 is 0 Å². The molecule has 0 spiro atoms. The Kier molecular flexibility index (Phi) is 5.34. The summed E-state index contributed by atoms with van der Waals surface area (Å²) in [4.78, 5) is 32.9. The highest BCUT2D eigenvalue weighted by molar-refractivity contribution is 5.95. The van der Waals surface area contributed by atoms with Crippen molar-refractivity contribution in [3.63, 3.8) is 0 Å². The van der Waals surface area contributed by atoms with Crippen LogP contribution in [0.2, 0.25) is 0 Å². The van der Waals surface area contributed by atoms with Crippen molar-refractivity contribution >= 4 is 23.4 Å². The molecule has 4 amide bonds. The van der Waals surface area contributed by atoms with Gasteiger partial charge in [-0.3, -0.25) is 14.6 Å². The van der Waals surface area contributed by atoms with Crippen LogP contribution in [0.3, 0.4) is 0 Å². The third-order valence-corrected chi connectivity index (χ3v) is 5.96. The topological polar surface area (TPSA) is 95.4 Å². The number of amides is 4. The number of aromatic nitrogens is 3. The number of hydrogen-bond acceptors (Lipinski definition) is 4. The highest BCUT2D eigenvalue weighted by Gasteiger charge is 2.37. The van der Waals surface area contributed by atoms with Gasteiger partial charge in [0.05, 0.1) is 55.0 Å². The van der Waals surface area contributed by atoms with E-state index in [1.165, 1.54) is 4.90 Å². The summed E-state index contributed by atoms with van der Waals surface area (Å²) < 4.78 is 42.0. The number of fused-ring (bicyclic) bond motifs is 1. The molecule has 2 N–H and O–H groups in total. The summed E-state index contributed by atoms with van der Waals surface area (Å²) >= 11 is 0. The van der Waals surface area contributed by atoms with Gasteiger partial charge in [-0.05, 0) is 19.1 Å². The van der Waals surface area contributed by atoms with Gasteiger partial charge < -0.3 is 15.5 Å². The third-order valence-electron chi connectivity index (χ3n) is 5.96. The molecule has 0 bridgehead atoms. The molecular formula is C22H20F3N7O2. The molecule has 176 valence electrons. The van der Waals surface area contributed by atoms with E-state index in [0.29, 0.717) is 36.6 Å². The fraction of sp³-hybridized carbons (Fsp3) is 0.273. The van der Waals surface area contributed by atoms with E-state index in [2.05, 4.69) is 20.7 Å². The fourth-order valence-corrected chi connectivity index (χ4v) is 4.20. The summed E-state index contributed by atoms with van der Waals surface area (Å²) in [6.07, 6.45) is 3.23. The predicted octanol–water partition coefficient (Wildman–Crippen LogP) is 3.40. The van der Waals surface area contributed by atoms with E-state index in [9.17, 15) is 22.8 Å². The van der Waals surface area contributed by atoms with E-state index in [1.54, 1.807) is 35.0 Å². The summed E-state index contributed by atoms with van der Waals surface area (Å²) in [5.41, 5.74) is 1.72. The van der Waals surface area contributed by atoms with Gasteiger partial charge in [0.25, 0.3) is 0 Å². The normalized spacial score (nSPS) is 19.7. The van der Waals surface area contributed by atoms with Crippen LogP contribution in [0.4, 0.5) is 34.1 Å². The molecular weight excluding hydrogens is 451 g/mol. The van der Waals surface area contributed by atoms with Gasteiger partial charge in [0.1, 0.15) is 0 Å². The first-order valence-corrected chi connectivity index (χ1v) is 10.6. The molecule has 2 aromatic heterocycles. The van der Waals surface area contributed by atoms with Gasteiger partial charge in [0.2, 0.25) is 0 Å². The van der Waals surface area contributed by atoms with Crippen LogP contribution in [0.5, 0.6) is 0 Å². The first-order chi connectivity index (χ1) is 16.3. The molecule has 1 aromatic carbocycles. The number of carbonyl (C=O) groups is 2. The monoisotopic (exact) mass is 471 g/mol. The smallest absolute Gasteiger partial charge is 0.322 e. The van der Waals surface area contributed by atoms with Crippen LogP contribution in [0.25, 0.3) is 0 Å². The summed E-state index contributed by atoms with van der Waals surface area (Å²) in [7, 11) is 0. The molecule has 1 saturated heterocycles. The SMILES string of the molecule is C[C@H]1Cn2ncc(N3CC(c4ccccn4)NC3=O)c2CN1C(=O)Nc1cc(F)c(F)c(F)c1. The van der Waals surface area contributed by atoms with Crippen molar-refractivity contribution in [3.05, 3.63) is 71.6 Å². The van der Waals surface area contributed by atoms with Crippen LogP contribution in [0, 0.1) is 17.5 Å². The lowest BCUT2D eigenvalue weighted by Gasteiger charge is -2.34. The minimum Gasteiger partial charge on any atom is -0.327 e. The minimum absolute atomic E-state index is 0.104. The Morgan fingerprint density at radius 1 is 1.18 bits per heavy atom. The van der Waals surface area contributed by atoms with Gasteiger partial charge >= 0.3 is 12.1 Å². The summed E-state index contributed by atoms with van der Waals surface area (Å²) in [5, 5.41) is 9.68. The molecule has 4 heterocycles. The summed E-state index contributed by atoms with van der Waals surface area (Å²) in [6.45, 7) is 2.60. The molecule has 2 aliphatic rings. The zero-order valence-corrected chi connectivity index (χ0v) is 18.0. The molecule has 2 atom stereocenters. The third kappa shape index (κ3) is 3.80. The highest BCUT2D eigenvalue weighted by atomic mass is 19.2. The molecule has 0 radical (unpaired) electrons. The van der Waals surface area contributed by atoms with E-state index in [4.69, 9.17) is 0 Å². The van der Waals surface area contributed by atoms with E-state index >= 15 is 0 Å². The van der Waals surface area contributed by atoms with Crippen molar-refractivity contribution in [1.29, 1.82) is 0 Å². The van der Waals surface area contributed by atoms with Crippen molar-refractivity contribution in [1.82, 2.24) is 25.0 Å². The van der Waals surface area contributed by atoms with Crippen LogP contribution in [0.15, 0.2) is 42.7 Å². The predicted molar refractivity (Wildman–Crippen MR) is 115 cm³/mol. The van der Waals surface area contributed by atoms with Crippen molar-refractivity contribution in [2.45, 2.75) is 32.1 Å². The molecule has 9 nitrogen and oxygen atoms in total. The molecule has 0 saturated carbocycles. The van der Waals surface area contributed by atoms with Crippen molar-refractivity contribution in [2.75, 3.05) is 16.8 Å². The van der Waals surface area contributed by atoms with Gasteiger partial charge in [0, 0.05) is 24.0 Å². The second-order valence-corrected chi connectivity index (χ2v) is 8.19.